The highest BCUT2D eigenvalue weighted by Crippen LogP contribution is 2.42. The van der Waals surface area contributed by atoms with E-state index in [1.807, 2.05) is 6.07 Å². The van der Waals surface area contributed by atoms with Crippen molar-refractivity contribution in [1.82, 2.24) is 20.1 Å². The van der Waals surface area contributed by atoms with Crippen LogP contribution in [0, 0.1) is 5.82 Å². The first-order chi connectivity index (χ1) is 21.1. The number of aryl methyl sites for hydroxylation is 1. The molecule has 2 atom stereocenters. The standard InChI is InChI=1S/C30H27Cl3FN5O5/c1-39-30(42)20(12-25(31)38-39)28(41)36-23-11-16(34)10-19(27(23)33)17-4-3-5-18(26(17)32)21-7-6-15(29(37-21)43-2)13-35-22-8-9-44-14-24(22)40/h3-7,10-12,22,24,35,40H,8-9,13-14H2,1-2H3,(H,36,41)/t22-,24+/m1/s1. The van der Waals surface area contributed by atoms with Gasteiger partial charge in [-0.1, -0.05) is 59.1 Å². The molecule has 3 heterocycles. The second kappa shape index (κ2) is 13.6. The first-order valence-electron chi connectivity index (χ1n) is 13.4. The van der Waals surface area contributed by atoms with E-state index in [0.29, 0.717) is 42.3 Å². The number of carbonyl (C=O) groups is 1. The lowest BCUT2D eigenvalue weighted by atomic mass is 10.00. The van der Waals surface area contributed by atoms with Crippen molar-refractivity contribution in [1.29, 1.82) is 0 Å². The molecule has 1 fully saturated rings. The van der Waals surface area contributed by atoms with E-state index in [4.69, 9.17) is 44.3 Å². The van der Waals surface area contributed by atoms with E-state index in [1.165, 1.54) is 20.2 Å². The maximum Gasteiger partial charge on any atom is 0.279 e. The number of anilines is 1. The summed E-state index contributed by atoms with van der Waals surface area (Å²) in [4.78, 5) is 30.0. The van der Waals surface area contributed by atoms with Gasteiger partial charge in [0.2, 0.25) is 5.88 Å². The first kappa shape index (κ1) is 31.8. The Kier molecular flexibility index (Phi) is 9.84. The lowest BCUT2D eigenvalue weighted by Crippen LogP contribution is -2.46. The normalized spacial score (nSPS) is 16.5. The van der Waals surface area contributed by atoms with Crippen molar-refractivity contribution in [3.8, 4) is 28.3 Å². The molecule has 3 N–H and O–H groups in total. The van der Waals surface area contributed by atoms with Crippen molar-refractivity contribution < 1.29 is 23.8 Å². The fraction of sp³-hybridized carbons (Fsp3) is 0.267. The van der Waals surface area contributed by atoms with E-state index in [9.17, 15) is 19.1 Å². The van der Waals surface area contributed by atoms with Crippen molar-refractivity contribution in [2.24, 2.45) is 7.05 Å². The monoisotopic (exact) mass is 661 g/mol. The number of hydrogen-bond acceptors (Lipinski definition) is 8. The van der Waals surface area contributed by atoms with Crippen LogP contribution in [0.25, 0.3) is 22.4 Å². The molecule has 2 aromatic carbocycles. The van der Waals surface area contributed by atoms with Crippen LogP contribution < -0.4 is 20.9 Å². The van der Waals surface area contributed by atoms with Crippen LogP contribution in [0.5, 0.6) is 5.88 Å². The second-order valence-electron chi connectivity index (χ2n) is 10.0. The fourth-order valence-corrected chi connectivity index (χ4v) is 5.68. The molecule has 230 valence electrons. The van der Waals surface area contributed by atoms with Gasteiger partial charge in [0.05, 0.1) is 41.2 Å². The van der Waals surface area contributed by atoms with Crippen molar-refractivity contribution in [2.75, 3.05) is 25.6 Å². The number of halogens is 4. The zero-order valence-corrected chi connectivity index (χ0v) is 25.8. The van der Waals surface area contributed by atoms with Crippen LogP contribution in [0.15, 0.2) is 53.3 Å². The Bertz CT molecular complexity index is 1790. The highest BCUT2D eigenvalue weighted by atomic mass is 35.5. The van der Waals surface area contributed by atoms with Crippen molar-refractivity contribution >= 4 is 46.4 Å². The largest absolute Gasteiger partial charge is 0.481 e. The third kappa shape index (κ3) is 6.73. The number of rotatable bonds is 8. The summed E-state index contributed by atoms with van der Waals surface area (Å²) in [7, 11) is 2.86. The molecular weight excluding hydrogens is 636 g/mol. The minimum absolute atomic E-state index is 0.00182. The van der Waals surface area contributed by atoms with Crippen LogP contribution in [0.1, 0.15) is 22.3 Å². The Morgan fingerprint density at radius 2 is 1.91 bits per heavy atom. The van der Waals surface area contributed by atoms with E-state index in [2.05, 4.69) is 20.7 Å². The van der Waals surface area contributed by atoms with Gasteiger partial charge in [-0.15, -0.1) is 0 Å². The molecule has 14 heteroatoms. The number of aromatic nitrogens is 3. The summed E-state index contributed by atoms with van der Waals surface area (Å²) < 4.78 is 26.6. The van der Waals surface area contributed by atoms with Gasteiger partial charge in [-0.25, -0.2) is 14.1 Å². The lowest BCUT2D eigenvalue weighted by Gasteiger charge is -2.28. The van der Waals surface area contributed by atoms with Gasteiger partial charge < -0.3 is 25.2 Å². The molecule has 0 saturated carbocycles. The maximum absolute atomic E-state index is 14.9. The number of benzene rings is 2. The number of carbonyl (C=O) groups excluding carboxylic acids is 1. The number of aliphatic hydroxyl groups excluding tert-OH is 1. The van der Waals surface area contributed by atoms with Crippen molar-refractivity contribution in [2.45, 2.75) is 25.1 Å². The van der Waals surface area contributed by atoms with Gasteiger partial charge in [-0.3, -0.25) is 9.59 Å². The average Bonchev–Trinajstić information content (AvgIpc) is 3.00. The molecule has 1 aliphatic heterocycles. The highest BCUT2D eigenvalue weighted by molar-refractivity contribution is 6.39. The number of nitrogens with zero attached hydrogens (tertiary/aromatic N) is 3. The van der Waals surface area contributed by atoms with Gasteiger partial charge in [-0.05, 0) is 30.7 Å². The van der Waals surface area contributed by atoms with Gasteiger partial charge in [0.25, 0.3) is 11.5 Å². The SMILES string of the molecule is COc1nc(-c2cccc(-c3cc(F)cc(NC(=O)c4cc(Cl)nn(C)c4=O)c3Cl)c2Cl)ccc1CN[C@@H]1CCOC[C@@H]1O. The van der Waals surface area contributed by atoms with E-state index >= 15 is 0 Å². The number of pyridine rings is 1. The molecule has 44 heavy (non-hydrogen) atoms. The van der Waals surface area contributed by atoms with Crippen molar-refractivity contribution in [3.05, 3.63) is 91.0 Å². The summed E-state index contributed by atoms with van der Waals surface area (Å²) >= 11 is 19.4. The Labute approximate surface area is 266 Å². The molecule has 1 saturated heterocycles. The van der Waals surface area contributed by atoms with Crippen LogP contribution in [0.2, 0.25) is 15.2 Å². The first-order valence-corrected chi connectivity index (χ1v) is 14.6. The van der Waals surface area contributed by atoms with Crippen LogP contribution in [0.3, 0.4) is 0 Å². The van der Waals surface area contributed by atoms with E-state index in [0.717, 1.165) is 22.4 Å². The quantitative estimate of drug-likeness (QED) is 0.238. The lowest BCUT2D eigenvalue weighted by molar-refractivity contribution is -0.0281. The zero-order valence-electron chi connectivity index (χ0n) is 23.5. The summed E-state index contributed by atoms with van der Waals surface area (Å²) in [5.41, 5.74) is 1.33. The van der Waals surface area contributed by atoms with Crippen molar-refractivity contribution in [3.63, 3.8) is 0 Å². The summed E-state index contributed by atoms with van der Waals surface area (Å²) in [6, 6.07) is 12.0. The zero-order chi connectivity index (χ0) is 31.5. The maximum atomic E-state index is 14.9. The molecule has 10 nitrogen and oxygen atoms in total. The molecular formula is C30H27Cl3FN5O5. The minimum atomic E-state index is -0.842. The molecule has 4 aromatic rings. The van der Waals surface area contributed by atoms with Crippen LogP contribution in [-0.4, -0.2) is 58.2 Å². The van der Waals surface area contributed by atoms with Gasteiger partial charge in [0, 0.05) is 48.5 Å². The van der Waals surface area contributed by atoms with E-state index in [1.54, 1.807) is 24.3 Å². The topological polar surface area (TPSA) is 128 Å². The smallest absolute Gasteiger partial charge is 0.279 e. The summed E-state index contributed by atoms with van der Waals surface area (Å²) in [5, 5.41) is 19.9. The Balaban J connectivity index is 1.45. The summed E-state index contributed by atoms with van der Waals surface area (Å²) in [6.07, 6.45) is 0.0792. The van der Waals surface area contributed by atoms with Gasteiger partial charge in [-0.2, -0.15) is 5.10 Å². The number of hydrogen-bond donors (Lipinski definition) is 3. The average molecular weight is 663 g/mol. The molecule has 1 aliphatic rings. The number of nitrogens with one attached hydrogen (secondary N) is 2. The van der Waals surface area contributed by atoms with Crippen LogP contribution in [-0.2, 0) is 18.3 Å². The highest BCUT2D eigenvalue weighted by Gasteiger charge is 2.24. The minimum Gasteiger partial charge on any atom is -0.481 e. The molecule has 0 unspecified atom stereocenters. The van der Waals surface area contributed by atoms with E-state index in [-0.39, 0.29) is 44.7 Å². The van der Waals surface area contributed by atoms with E-state index < -0.39 is 23.4 Å². The van der Waals surface area contributed by atoms with Gasteiger partial charge in [0.1, 0.15) is 11.4 Å². The van der Waals surface area contributed by atoms with Crippen LogP contribution >= 0.6 is 34.8 Å². The number of ether oxygens (including phenoxy) is 2. The predicted octanol–water partition coefficient (Wildman–Crippen LogP) is 5.11. The number of aliphatic hydroxyl groups is 1. The third-order valence-electron chi connectivity index (χ3n) is 7.14. The van der Waals surface area contributed by atoms with Gasteiger partial charge >= 0.3 is 0 Å². The Morgan fingerprint density at radius 1 is 1.14 bits per heavy atom. The predicted molar refractivity (Wildman–Crippen MR) is 166 cm³/mol. The second-order valence-corrected chi connectivity index (χ2v) is 11.2. The summed E-state index contributed by atoms with van der Waals surface area (Å²) in [5.74, 6) is -1.17. The molecule has 0 bridgehead atoms. The molecule has 0 spiro atoms. The molecule has 2 aromatic heterocycles. The summed E-state index contributed by atoms with van der Waals surface area (Å²) in [6.45, 7) is 1.27. The molecule has 0 radical (unpaired) electrons. The number of amides is 1. The molecule has 0 aliphatic carbocycles. The fourth-order valence-electron chi connectivity index (χ4n) is 4.87. The van der Waals surface area contributed by atoms with Gasteiger partial charge in [0.15, 0.2) is 5.15 Å². The number of methoxy groups -OCH3 is 1. The Hall–Kier alpha value is -3.58. The Morgan fingerprint density at radius 3 is 2.66 bits per heavy atom. The van der Waals surface area contributed by atoms with Crippen LogP contribution in [0.4, 0.5) is 10.1 Å². The molecule has 5 rings (SSSR count). The molecule has 1 amide bonds. The third-order valence-corrected chi connectivity index (χ3v) is 8.14.